The summed E-state index contributed by atoms with van der Waals surface area (Å²) in [6.45, 7) is 8.52. The zero-order chi connectivity index (χ0) is 32.3. The van der Waals surface area contributed by atoms with Crippen LogP contribution in [0.1, 0.15) is 174 Å². The van der Waals surface area contributed by atoms with Gasteiger partial charge in [0.1, 0.15) is 6.61 Å². The maximum atomic E-state index is 12.9. The number of nitrogens with zero attached hydrogens (tertiary/aromatic N) is 1. The van der Waals surface area contributed by atoms with E-state index in [1.807, 2.05) is 30.3 Å². The minimum absolute atomic E-state index is 0.287. The molecule has 0 aliphatic heterocycles. The number of amides is 1. The van der Waals surface area contributed by atoms with Gasteiger partial charge in [0.15, 0.2) is 0 Å². The molecule has 0 aliphatic rings. The van der Waals surface area contributed by atoms with Crippen molar-refractivity contribution in [1.82, 2.24) is 4.90 Å². The molecule has 5 nitrogen and oxygen atoms in total. The van der Waals surface area contributed by atoms with Crippen molar-refractivity contribution in [2.75, 3.05) is 39.5 Å². The summed E-state index contributed by atoms with van der Waals surface area (Å²) in [5, 5.41) is 0. The second-order valence-electron chi connectivity index (χ2n) is 13.0. The van der Waals surface area contributed by atoms with Gasteiger partial charge in [-0.1, -0.05) is 185 Å². The molecule has 1 amide bonds. The van der Waals surface area contributed by atoms with Gasteiger partial charge in [-0.2, -0.15) is 0 Å². The molecule has 0 aromatic heterocycles. The van der Waals surface area contributed by atoms with Gasteiger partial charge in [0.2, 0.25) is 0 Å². The van der Waals surface area contributed by atoms with Gasteiger partial charge >= 0.3 is 6.09 Å². The van der Waals surface area contributed by atoms with Gasteiger partial charge in [0.25, 0.3) is 0 Å². The van der Waals surface area contributed by atoms with Crippen LogP contribution in [-0.2, 0) is 20.8 Å². The zero-order valence-electron chi connectivity index (χ0n) is 29.9. The highest BCUT2D eigenvalue weighted by molar-refractivity contribution is 5.67. The van der Waals surface area contributed by atoms with E-state index < -0.39 is 0 Å². The number of benzene rings is 1. The van der Waals surface area contributed by atoms with Gasteiger partial charge in [-0.05, 0) is 18.4 Å². The van der Waals surface area contributed by atoms with E-state index in [4.69, 9.17) is 14.2 Å². The molecule has 0 saturated heterocycles. The second-order valence-corrected chi connectivity index (χ2v) is 13.0. The first-order valence-electron chi connectivity index (χ1n) is 19.4. The highest BCUT2D eigenvalue weighted by Crippen LogP contribution is 2.13. The highest BCUT2D eigenvalue weighted by atomic mass is 16.6. The number of unbranched alkanes of at least 4 members (excludes halogenated alkanes) is 22. The Balaban J connectivity index is 2.11. The normalized spacial score (nSPS) is 11.2. The number of carbonyl (C=O) groups is 1. The molecular weight excluding hydrogens is 558 g/mol. The largest absolute Gasteiger partial charge is 0.445 e. The molecule has 0 bridgehead atoms. The molecule has 262 valence electrons. The smallest absolute Gasteiger partial charge is 0.410 e. The molecule has 1 aromatic rings. The standard InChI is InChI=1S/C40H73NO4/c1-3-5-7-9-11-13-15-17-19-21-23-28-34-43-36-32-41(40(42)45-38-39-30-26-25-27-31-39)33-37-44-35-29-24-22-20-18-16-14-12-10-8-6-4-2/h25-27,30-31H,3-24,28-29,32-38H2,1-2H3. The van der Waals surface area contributed by atoms with Crippen molar-refractivity contribution >= 4 is 6.09 Å². The van der Waals surface area contributed by atoms with E-state index >= 15 is 0 Å². The van der Waals surface area contributed by atoms with E-state index in [0.29, 0.717) is 26.3 Å². The average Bonchev–Trinajstić information content (AvgIpc) is 3.06. The molecule has 1 rings (SSSR count). The van der Waals surface area contributed by atoms with Crippen molar-refractivity contribution in [3.8, 4) is 0 Å². The van der Waals surface area contributed by atoms with Crippen LogP contribution in [0.3, 0.4) is 0 Å². The Bertz CT molecular complexity index is 694. The van der Waals surface area contributed by atoms with Gasteiger partial charge in [-0.25, -0.2) is 4.79 Å². The minimum Gasteiger partial charge on any atom is -0.445 e. The van der Waals surface area contributed by atoms with Gasteiger partial charge in [-0.3, -0.25) is 0 Å². The SMILES string of the molecule is CCCCCCCCCCCCCCOCCN(CCOCCCCCCCCCCCCCC)C(=O)OCc1ccccc1. The fourth-order valence-electron chi connectivity index (χ4n) is 5.75. The Kier molecular flexibility index (Phi) is 31.1. The van der Waals surface area contributed by atoms with Crippen molar-refractivity contribution in [3.05, 3.63) is 35.9 Å². The van der Waals surface area contributed by atoms with Crippen molar-refractivity contribution in [1.29, 1.82) is 0 Å². The van der Waals surface area contributed by atoms with Gasteiger partial charge in [0.05, 0.1) is 13.2 Å². The topological polar surface area (TPSA) is 48.0 Å². The lowest BCUT2D eigenvalue weighted by Gasteiger charge is -2.22. The van der Waals surface area contributed by atoms with Gasteiger partial charge in [-0.15, -0.1) is 0 Å². The summed E-state index contributed by atoms with van der Waals surface area (Å²) in [5.41, 5.74) is 0.997. The van der Waals surface area contributed by atoms with Crippen LogP contribution in [0, 0.1) is 0 Å². The van der Waals surface area contributed by atoms with Crippen molar-refractivity contribution in [2.24, 2.45) is 0 Å². The molecule has 0 unspecified atom stereocenters. The predicted octanol–water partition coefficient (Wildman–Crippen LogP) is 12.1. The van der Waals surface area contributed by atoms with Crippen LogP contribution >= 0.6 is 0 Å². The number of hydrogen-bond donors (Lipinski definition) is 0. The van der Waals surface area contributed by atoms with Gasteiger partial charge < -0.3 is 19.1 Å². The Morgan fingerprint density at radius 1 is 0.489 bits per heavy atom. The van der Waals surface area contributed by atoms with E-state index in [-0.39, 0.29) is 12.7 Å². The lowest BCUT2D eigenvalue weighted by atomic mass is 10.1. The molecule has 0 heterocycles. The van der Waals surface area contributed by atoms with Crippen LogP contribution in [0.15, 0.2) is 30.3 Å². The molecule has 0 saturated carbocycles. The van der Waals surface area contributed by atoms with E-state index in [2.05, 4.69) is 13.8 Å². The van der Waals surface area contributed by atoms with Crippen molar-refractivity contribution in [2.45, 2.75) is 175 Å². The number of rotatable bonds is 34. The van der Waals surface area contributed by atoms with Crippen LogP contribution in [0.4, 0.5) is 4.79 Å². The Labute approximate surface area is 279 Å². The molecule has 0 fully saturated rings. The molecule has 0 N–H and O–H groups in total. The first-order valence-corrected chi connectivity index (χ1v) is 19.4. The second kappa shape index (κ2) is 33.8. The molecule has 0 radical (unpaired) electrons. The van der Waals surface area contributed by atoms with E-state index in [1.54, 1.807) is 4.90 Å². The quantitative estimate of drug-likeness (QED) is 0.0710. The number of hydrogen-bond acceptors (Lipinski definition) is 4. The van der Waals surface area contributed by atoms with E-state index in [9.17, 15) is 4.79 Å². The Morgan fingerprint density at radius 3 is 1.22 bits per heavy atom. The molecule has 0 aliphatic carbocycles. The molecular formula is C40H73NO4. The summed E-state index contributed by atoms with van der Waals surface area (Å²) in [7, 11) is 0. The lowest BCUT2D eigenvalue weighted by molar-refractivity contribution is 0.0514. The summed E-state index contributed by atoms with van der Waals surface area (Å²) in [4.78, 5) is 14.6. The van der Waals surface area contributed by atoms with Gasteiger partial charge in [0, 0.05) is 26.3 Å². The summed E-state index contributed by atoms with van der Waals surface area (Å²) in [6.07, 6.45) is 31.9. The maximum absolute atomic E-state index is 12.9. The monoisotopic (exact) mass is 632 g/mol. The number of carbonyl (C=O) groups excluding carboxylic acids is 1. The first kappa shape index (κ1) is 41.4. The molecule has 45 heavy (non-hydrogen) atoms. The Morgan fingerprint density at radius 2 is 0.844 bits per heavy atom. The third-order valence-corrected chi connectivity index (χ3v) is 8.76. The van der Waals surface area contributed by atoms with E-state index in [0.717, 1.165) is 31.6 Å². The van der Waals surface area contributed by atoms with Crippen molar-refractivity contribution < 1.29 is 19.0 Å². The summed E-state index contributed by atoms with van der Waals surface area (Å²) >= 11 is 0. The maximum Gasteiger partial charge on any atom is 0.410 e. The minimum atomic E-state index is -0.290. The van der Waals surface area contributed by atoms with E-state index in [1.165, 1.54) is 141 Å². The summed E-state index contributed by atoms with van der Waals surface area (Å²) < 4.78 is 17.4. The Hall–Kier alpha value is -1.59. The summed E-state index contributed by atoms with van der Waals surface area (Å²) in [6, 6.07) is 9.86. The van der Waals surface area contributed by atoms with Crippen LogP contribution < -0.4 is 0 Å². The molecule has 0 spiro atoms. The molecule has 5 heteroatoms. The van der Waals surface area contributed by atoms with Crippen LogP contribution in [-0.4, -0.2) is 50.5 Å². The third kappa shape index (κ3) is 28.4. The first-order chi connectivity index (χ1) is 22.3. The number of ether oxygens (including phenoxy) is 3. The fourth-order valence-corrected chi connectivity index (χ4v) is 5.75. The molecule has 0 atom stereocenters. The lowest BCUT2D eigenvalue weighted by Crippen LogP contribution is -2.37. The summed E-state index contributed by atoms with van der Waals surface area (Å²) in [5.74, 6) is 0. The highest BCUT2D eigenvalue weighted by Gasteiger charge is 2.15. The fraction of sp³-hybridized carbons (Fsp3) is 0.825. The predicted molar refractivity (Wildman–Crippen MR) is 192 cm³/mol. The zero-order valence-corrected chi connectivity index (χ0v) is 29.9. The average molecular weight is 632 g/mol. The van der Waals surface area contributed by atoms with Crippen LogP contribution in [0.5, 0.6) is 0 Å². The molecule has 1 aromatic carbocycles. The van der Waals surface area contributed by atoms with Crippen LogP contribution in [0.2, 0.25) is 0 Å². The van der Waals surface area contributed by atoms with Crippen molar-refractivity contribution in [3.63, 3.8) is 0 Å². The third-order valence-electron chi connectivity index (χ3n) is 8.76. The van der Waals surface area contributed by atoms with Crippen LogP contribution in [0.25, 0.3) is 0 Å².